The van der Waals surface area contributed by atoms with Crippen molar-refractivity contribution in [3.05, 3.63) is 35.9 Å². The molecule has 0 N–H and O–H groups in total. The summed E-state index contributed by atoms with van der Waals surface area (Å²) in [4.78, 5) is 0. The van der Waals surface area contributed by atoms with Crippen LogP contribution in [0.2, 0.25) is 0 Å². The Bertz CT molecular complexity index is 245. The fourth-order valence-electron chi connectivity index (χ4n) is 0.966. The van der Waals surface area contributed by atoms with Gasteiger partial charge in [0, 0.05) is 0 Å². The second-order valence-electron chi connectivity index (χ2n) is 2.49. The van der Waals surface area contributed by atoms with E-state index in [9.17, 15) is 0 Å². The van der Waals surface area contributed by atoms with E-state index < -0.39 is 0 Å². The highest BCUT2D eigenvalue weighted by Gasteiger charge is 1.89. The van der Waals surface area contributed by atoms with Gasteiger partial charge in [0.25, 0.3) is 0 Å². The van der Waals surface area contributed by atoms with E-state index >= 15 is 0 Å². The van der Waals surface area contributed by atoms with E-state index in [1.807, 2.05) is 18.2 Å². The van der Waals surface area contributed by atoms with E-state index in [4.69, 9.17) is 11.2 Å². The van der Waals surface area contributed by atoms with Gasteiger partial charge in [-0.25, -0.2) is 0 Å². The molecule has 0 saturated carbocycles. The molecule has 0 amide bonds. The topological polar surface area (TPSA) is 9.23 Å². The molecule has 12 heavy (non-hydrogen) atoms. The molecule has 0 unspecified atom stereocenters. The van der Waals surface area contributed by atoms with E-state index in [1.165, 1.54) is 5.56 Å². The lowest BCUT2D eigenvalue weighted by atomic mass is 10.2. The normalized spacial score (nSPS) is 9.25. The molecule has 0 heterocycles. The Morgan fingerprint density at radius 2 is 2.00 bits per heavy atom. The van der Waals surface area contributed by atoms with E-state index in [0.29, 0.717) is 13.2 Å². The molecule has 0 aliphatic heterocycles. The van der Waals surface area contributed by atoms with Crippen LogP contribution in [-0.4, -0.2) is 13.2 Å². The maximum absolute atomic E-state index is 5.15. The third-order valence-corrected chi connectivity index (χ3v) is 1.56. The number of ether oxygens (including phenoxy) is 1. The summed E-state index contributed by atoms with van der Waals surface area (Å²) in [5.41, 5.74) is 1.29. The van der Waals surface area contributed by atoms with Gasteiger partial charge in [-0.2, -0.15) is 0 Å². The van der Waals surface area contributed by atoms with Crippen LogP contribution in [0.3, 0.4) is 0 Å². The molecular weight excluding hydrogens is 148 g/mol. The molecule has 0 radical (unpaired) electrons. The first-order valence-electron chi connectivity index (χ1n) is 3.98. The minimum Gasteiger partial charge on any atom is -0.368 e. The van der Waals surface area contributed by atoms with E-state index in [0.717, 1.165) is 6.42 Å². The van der Waals surface area contributed by atoms with Crippen LogP contribution in [0.25, 0.3) is 0 Å². The maximum atomic E-state index is 5.15. The lowest BCUT2D eigenvalue weighted by Gasteiger charge is -1.99. The maximum Gasteiger partial charge on any atom is 0.107 e. The molecular formula is C11H12O. The molecule has 0 aliphatic rings. The van der Waals surface area contributed by atoms with Crippen molar-refractivity contribution in [2.45, 2.75) is 6.42 Å². The molecule has 1 aromatic carbocycles. The van der Waals surface area contributed by atoms with E-state index in [-0.39, 0.29) is 0 Å². The summed E-state index contributed by atoms with van der Waals surface area (Å²) in [5.74, 6) is 2.43. The lowest BCUT2D eigenvalue weighted by Crippen LogP contribution is -1.98. The standard InChI is InChI=1S/C11H12O/c1-2-9-12-10-8-11-6-4-3-5-7-11/h1,3-7H,8-10H2. The monoisotopic (exact) mass is 160 g/mol. The van der Waals surface area contributed by atoms with Gasteiger partial charge in [-0.15, -0.1) is 6.42 Å². The summed E-state index contributed by atoms with van der Waals surface area (Å²) >= 11 is 0. The molecule has 1 nitrogen and oxygen atoms in total. The van der Waals surface area contributed by atoms with Crippen LogP contribution in [0, 0.1) is 12.3 Å². The largest absolute Gasteiger partial charge is 0.368 e. The highest BCUT2D eigenvalue weighted by molar-refractivity contribution is 5.14. The minimum absolute atomic E-state index is 0.410. The molecule has 1 rings (SSSR count). The summed E-state index contributed by atoms with van der Waals surface area (Å²) in [6, 6.07) is 10.2. The van der Waals surface area contributed by atoms with Gasteiger partial charge in [-0.3, -0.25) is 0 Å². The molecule has 0 spiro atoms. The number of terminal acetylenes is 1. The number of rotatable bonds is 4. The summed E-state index contributed by atoms with van der Waals surface area (Å²) in [5, 5.41) is 0. The van der Waals surface area contributed by atoms with Gasteiger partial charge in [-0.1, -0.05) is 36.3 Å². The van der Waals surface area contributed by atoms with Gasteiger partial charge in [0.1, 0.15) is 6.61 Å². The van der Waals surface area contributed by atoms with Crippen LogP contribution in [0.5, 0.6) is 0 Å². The van der Waals surface area contributed by atoms with Crippen LogP contribution in [0.15, 0.2) is 30.3 Å². The zero-order valence-corrected chi connectivity index (χ0v) is 6.99. The number of benzene rings is 1. The average molecular weight is 160 g/mol. The van der Waals surface area contributed by atoms with Gasteiger partial charge < -0.3 is 4.74 Å². The van der Waals surface area contributed by atoms with Gasteiger partial charge >= 0.3 is 0 Å². The average Bonchev–Trinajstić information content (AvgIpc) is 2.14. The van der Waals surface area contributed by atoms with E-state index in [2.05, 4.69) is 18.1 Å². The Hall–Kier alpha value is -1.26. The SMILES string of the molecule is C#CCOCCc1ccccc1. The quantitative estimate of drug-likeness (QED) is 0.482. The highest BCUT2D eigenvalue weighted by Crippen LogP contribution is 1.98. The Morgan fingerprint density at radius 3 is 2.67 bits per heavy atom. The smallest absolute Gasteiger partial charge is 0.107 e. The zero-order chi connectivity index (χ0) is 8.65. The van der Waals surface area contributed by atoms with Crippen molar-refractivity contribution in [2.24, 2.45) is 0 Å². The molecule has 0 fully saturated rings. The molecule has 62 valence electrons. The number of hydrogen-bond donors (Lipinski definition) is 0. The Labute approximate surface area is 73.4 Å². The van der Waals surface area contributed by atoms with E-state index in [1.54, 1.807) is 0 Å². The lowest BCUT2D eigenvalue weighted by molar-refractivity contribution is 0.170. The first-order chi connectivity index (χ1) is 5.93. The first-order valence-corrected chi connectivity index (χ1v) is 3.98. The molecule has 1 aromatic rings. The van der Waals surface area contributed by atoms with Crippen LogP contribution < -0.4 is 0 Å². The minimum atomic E-state index is 0.410. The second kappa shape index (κ2) is 5.40. The molecule has 0 atom stereocenters. The Morgan fingerprint density at radius 1 is 1.25 bits per heavy atom. The number of hydrogen-bond acceptors (Lipinski definition) is 1. The van der Waals surface area contributed by atoms with Crippen molar-refractivity contribution in [1.29, 1.82) is 0 Å². The Balaban J connectivity index is 2.21. The van der Waals surface area contributed by atoms with Crippen molar-refractivity contribution in [2.75, 3.05) is 13.2 Å². The van der Waals surface area contributed by atoms with Crippen LogP contribution in [-0.2, 0) is 11.2 Å². The summed E-state index contributed by atoms with van der Waals surface area (Å²) in [7, 11) is 0. The predicted molar refractivity (Wildman–Crippen MR) is 49.8 cm³/mol. The van der Waals surface area contributed by atoms with Crippen molar-refractivity contribution >= 4 is 0 Å². The van der Waals surface area contributed by atoms with Gasteiger partial charge in [0.15, 0.2) is 0 Å². The molecule has 0 aliphatic carbocycles. The molecule has 0 aromatic heterocycles. The zero-order valence-electron chi connectivity index (χ0n) is 6.99. The summed E-state index contributed by atoms with van der Waals surface area (Å²) in [6.45, 7) is 1.11. The van der Waals surface area contributed by atoms with Gasteiger partial charge in [-0.05, 0) is 12.0 Å². The van der Waals surface area contributed by atoms with Crippen molar-refractivity contribution in [1.82, 2.24) is 0 Å². The predicted octanol–water partition coefficient (Wildman–Crippen LogP) is 1.88. The Kier molecular flexibility index (Phi) is 3.97. The third-order valence-electron chi connectivity index (χ3n) is 1.56. The summed E-state index contributed by atoms with van der Waals surface area (Å²) in [6.07, 6.45) is 5.97. The van der Waals surface area contributed by atoms with Crippen molar-refractivity contribution in [3.8, 4) is 12.3 Å². The van der Waals surface area contributed by atoms with Gasteiger partial charge in [0.05, 0.1) is 6.61 Å². The molecule has 0 bridgehead atoms. The van der Waals surface area contributed by atoms with Crippen molar-refractivity contribution in [3.63, 3.8) is 0 Å². The first kappa shape index (κ1) is 8.83. The van der Waals surface area contributed by atoms with Crippen LogP contribution in [0.1, 0.15) is 5.56 Å². The van der Waals surface area contributed by atoms with Crippen LogP contribution in [0.4, 0.5) is 0 Å². The third kappa shape index (κ3) is 3.23. The second-order valence-corrected chi connectivity index (χ2v) is 2.49. The fraction of sp³-hybridized carbons (Fsp3) is 0.273. The fourth-order valence-corrected chi connectivity index (χ4v) is 0.966. The van der Waals surface area contributed by atoms with Crippen LogP contribution >= 0.6 is 0 Å². The van der Waals surface area contributed by atoms with Gasteiger partial charge in [0.2, 0.25) is 0 Å². The molecule has 1 heteroatoms. The molecule has 0 saturated heterocycles. The summed E-state index contributed by atoms with van der Waals surface area (Å²) < 4.78 is 5.15. The highest BCUT2D eigenvalue weighted by atomic mass is 16.5. The van der Waals surface area contributed by atoms with Crippen molar-refractivity contribution < 1.29 is 4.74 Å².